The van der Waals surface area contributed by atoms with Crippen LogP contribution in [0, 0.1) is 6.92 Å². The molecule has 1 aliphatic heterocycles. The predicted octanol–water partition coefficient (Wildman–Crippen LogP) is 5.84. The van der Waals surface area contributed by atoms with Crippen molar-refractivity contribution in [1.82, 2.24) is 4.90 Å². The van der Waals surface area contributed by atoms with E-state index in [1.807, 2.05) is 31.2 Å². The number of amidine groups is 1. The summed E-state index contributed by atoms with van der Waals surface area (Å²) in [5, 5.41) is 9.98. The van der Waals surface area contributed by atoms with E-state index in [0.717, 1.165) is 11.3 Å². The molecule has 8 heteroatoms. The maximum atomic E-state index is 12.6. The van der Waals surface area contributed by atoms with Crippen LogP contribution in [-0.2, 0) is 4.79 Å². The highest BCUT2D eigenvalue weighted by Crippen LogP contribution is 2.34. The first-order valence-electron chi connectivity index (χ1n) is 9.28. The van der Waals surface area contributed by atoms with Gasteiger partial charge in [-0.25, -0.2) is 9.79 Å². The molecule has 4 rings (SSSR count). The van der Waals surface area contributed by atoms with Gasteiger partial charge in [-0.2, -0.15) is 0 Å². The number of thioether (sulfide) groups is 1. The molecule has 1 saturated heterocycles. The maximum absolute atomic E-state index is 12.6. The van der Waals surface area contributed by atoms with E-state index in [2.05, 4.69) is 4.99 Å². The number of benzene rings is 2. The van der Waals surface area contributed by atoms with Crippen molar-refractivity contribution in [3.8, 4) is 11.3 Å². The Morgan fingerprint density at radius 1 is 1.16 bits per heavy atom. The van der Waals surface area contributed by atoms with Crippen LogP contribution in [-0.4, -0.2) is 34.1 Å². The largest absolute Gasteiger partial charge is 0.478 e. The molecule has 0 radical (unpaired) electrons. The molecule has 1 fully saturated rings. The minimum atomic E-state index is -1.11. The molecule has 2 heterocycles. The highest BCUT2D eigenvalue weighted by Gasteiger charge is 2.30. The topological polar surface area (TPSA) is 83.1 Å². The van der Waals surface area contributed by atoms with Gasteiger partial charge in [0.1, 0.15) is 11.5 Å². The van der Waals surface area contributed by atoms with Crippen molar-refractivity contribution in [3.05, 3.63) is 81.4 Å². The van der Waals surface area contributed by atoms with Gasteiger partial charge >= 0.3 is 5.97 Å². The van der Waals surface area contributed by atoms with Crippen molar-refractivity contribution in [3.63, 3.8) is 0 Å². The van der Waals surface area contributed by atoms with Crippen molar-refractivity contribution in [2.75, 3.05) is 7.05 Å². The summed E-state index contributed by atoms with van der Waals surface area (Å²) in [4.78, 5) is 30.5. The van der Waals surface area contributed by atoms with Gasteiger partial charge in [0, 0.05) is 18.7 Å². The maximum Gasteiger partial charge on any atom is 0.337 e. The summed E-state index contributed by atoms with van der Waals surface area (Å²) >= 11 is 7.20. The Hall–Kier alpha value is -3.29. The number of carbonyl (C=O) groups is 2. The number of hydrogen-bond donors (Lipinski definition) is 1. The van der Waals surface area contributed by atoms with Gasteiger partial charge in [0.2, 0.25) is 0 Å². The van der Waals surface area contributed by atoms with Crippen LogP contribution in [0.3, 0.4) is 0 Å². The fourth-order valence-corrected chi connectivity index (χ4v) is 4.10. The minimum Gasteiger partial charge on any atom is -0.478 e. The van der Waals surface area contributed by atoms with Crippen LogP contribution in [0.1, 0.15) is 21.7 Å². The van der Waals surface area contributed by atoms with Crippen molar-refractivity contribution in [2.45, 2.75) is 6.92 Å². The van der Waals surface area contributed by atoms with E-state index < -0.39 is 5.97 Å². The minimum absolute atomic E-state index is 0.00409. The molecule has 1 aliphatic rings. The normalized spacial score (nSPS) is 16.5. The zero-order chi connectivity index (χ0) is 22.1. The number of carbonyl (C=O) groups excluding carboxylic acids is 1. The van der Waals surface area contributed by atoms with Gasteiger partial charge in [0.25, 0.3) is 5.91 Å². The van der Waals surface area contributed by atoms with Crippen LogP contribution in [0.2, 0.25) is 5.02 Å². The molecule has 0 saturated carbocycles. The molecule has 1 aromatic heterocycles. The third kappa shape index (κ3) is 4.42. The second-order valence-corrected chi connectivity index (χ2v) is 8.32. The number of aromatic carboxylic acids is 1. The molecule has 1 N–H and O–H groups in total. The fraction of sp³-hybridized carbons (Fsp3) is 0.0870. The Kier molecular flexibility index (Phi) is 5.71. The van der Waals surface area contributed by atoms with Crippen molar-refractivity contribution in [2.24, 2.45) is 4.99 Å². The Balaban J connectivity index is 1.59. The van der Waals surface area contributed by atoms with E-state index in [1.54, 1.807) is 31.3 Å². The summed E-state index contributed by atoms with van der Waals surface area (Å²) in [6.45, 7) is 2.00. The van der Waals surface area contributed by atoms with Crippen molar-refractivity contribution >= 4 is 52.2 Å². The van der Waals surface area contributed by atoms with Gasteiger partial charge < -0.3 is 9.52 Å². The lowest BCUT2D eigenvalue weighted by atomic mass is 10.1. The number of carboxylic acids is 1. The number of furan rings is 1. The molecule has 0 unspecified atom stereocenters. The molecule has 0 aliphatic carbocycles. The molecule has 0 spiro atoms. The lowest BCUT2D eigenvalue weighted by molar-refractivity contribution is -0.121. The van der Waals surface area contributed by atoms with E-state index in [-0.39, 0.29) is 16.5 Å². The predicted molar refractivity (Wildman–Crippen MR) is 123 cm³/mol. The number of likely N-dealkylation sites (N-methyl/N-ethyl adjacent to an activating group) is 1. The van der Waals surface area contributed by atoms with Gasteiger partial charge in [0.05, 0.1) is 21.2 Å². The van der Waals surface area contributed by atoms with Crippen LogP contribution in [0.25, 0.3) is 17.4 Å². The molecule has 3 aromatic rings. The first-order chi connectivity index (χ1) is 14.8. The number of nitrogens with zero attached hydrogens (tertiary/aromatic N) is 2. The van der Waals surface area contributed by atoms with Gasteiger partial charge in [0.15, 0.2) is 5.17 Å². The molecule has 156 valence electrons. The first-order valence-corrected chi connectivity index (χ1v) is 10.5. The van der Waals surface area contributed by atoms with Crippen molar-refractivity contribution in [1.29, 1.82) is 0 Å². The standard InChI is InChI=1S/C23H17ClN2O4S/c1-13-3-6-15(7-4-13)25-23-26(2)21(27)20(31-23)12-16-8-10-19(30-16)14-5-9-18(24)17(11-14)22(28)29/h3-12H,1-2H3,(H,28,29)/b20-12+,25-23?. The monoisotopic (exact) mass is 452 g/mol. The second-order valence-electron chi connectivity index (χ2n) is 6.91. The third-order valence-electron chi connectivity index (χ3n) is 4.64. The van der Waals surface area contributed by atoms with Gasteiger partial charge in [-0.15, -0.1) is 0 Å². The van der Waals surface area contributed by atoms with E-state index in [1.165, 1.54) is 28.8 Å². The quantitative estimate of drug-likeness (QED) is 0.503. The van der Waals surface area contributed by atoms with Gasteiger partial charge in [-0.05, 0) is 61.2 Å². The van der Waals surface area contributed by atoms with Crippen molar-refractivity contribution < 1.29 is 19.1 Å². The Morgan fingerprint density at radius 2 is 1.90 bits per heavy atom. The molecule has 1 amide bonds. The molecule has 31 heavy (non-hydrogen) atoms. The molecule has 0 atom stereocenters. The van der Waals surface area contributed by atoms with Crippen LogP contribution in [0.4, 0.5) is 5.69 Å². The molecular formula is C23H17ClN2O4S. The lowest BCUT2D eigenvalue weighted by Crippen LogP contribution is -2.23. The number of halogens is 1. The molecule has 6 nitrogen and oxygen atoms in total. The smallest absolute Gasteiger partial charge is 0.337 e. The highest BCUT2D eigenvalue weighted by molar-refractivity contribution is 8.18. The average Bonchev–Trinajstić information content (AvgIpc) is 3.31. The van der Waals surface area contributed by atoms with Gasteiger partial charge in [-0.1, -0.05) is 29.3 Å². The summed E-state index contributed by atoms with van der Waals surface area (Å²) in [7, 11) is 1.68. The number of carboxylic acid groups (broad SMARTS) is 1. The zero-order valence-corrected chi connectivity index (χ0v) is 18.2. The second kappa shape index (κ2) is 8.45. The summed E-state index contributed by atoms with van der Waals surface area (Å²) in [5.41, 5.74) is 2.48. The Labute approximate surface area is 187 Å². The summed E-state index contributed by atoms with van der Waals surface area (Å²) < 4.78 is 5.82. The number of rotatable bonds is 4. The van der Waals surface area contributed by atoms with Crippen LogP contribution < -0.4 is 0 Å². The number of hydrogen-bond acceptors (Lipinski definition) is 5. The lowest BCUT2D eigenvalue weighted by Gasteiger charge is -2.07. The number of amides is 1. The summed E-state index contributed by atoms with van der Waals surface area (Å²) in [6, 6.07) is 15.8. The van der Waals surface area contributed by atoms with E-state index in [4.69, 9.17) is 16.0 Å². The average molecular weight is 453 g/mol. The van der Waals surface area contributed by atoms with E-state index in [9.17, 15) is 14.7 Å². The Morgan fingerprint density at radius 3 is 2.61 bits per heavy atom. The number of aryl methyl sites for hydroxylation is 1. The van der Waals surface area contributed by atoms with Crippen LogP contribution in [0.15, 0.2) is 68.9 Å². The van der Waals surface area contributed by atoms with E-state index in [0.29, 0.717) is 27.2 Å². The fourth-order valence-electron chi connectivity index (χ4n) is 2.94. The third-order valence-corrected chi connectivity index (χ3v) is 6.03. The SMILES string of the molecule is Cc1ccc(N=C2S/C(=C/c3ccc(-c4ccc(Cl)c(C(=O)O)c4)o3)C(=O)N2C)cc1. The van der Waals surface area contributed by atoms with Gasteiger partial charge in [-0.3, -0.25) is 9.69 Å². The molecule has 0 bridgehead atoms. The summed E-state index contributed by atoms with van der Waals surface area (Å²) in [6.07, 6.45) is 1.65. The zero-order valence-electron chi connectivity index (χ0n) is 16.6. The number of aliphatic imine (C=N–C) groups is 1. The first kappa shape index (κ1) is 21.0. The Bertz CT molecular complexity index is 1240. The van der Waals surface area contributed by atoms with Crippen LogP contribution >= 0.6 is 23.4 Å². The highest BCUT2D eigenvalue weighted by atomic mass is 35.5. The summed E-state index contributed by atoms with van der Waals surface area (Å²) in [5.74, 6) is -0.336. The molecular weight excluding hydrogens is 436 g/mol. The molecule has 2 aromatic carbocycles. The van der Waals surface area contributed by atoms with Crippen LogP contribution in [0.5, 0.6) is 0 Å². The van der Waals surface area contributed by atoms with E-state index >= 15 is 0 Å².